The Morgan fingerprint density at radius 3 is 2.24 bits per heavy atom. The normalized spacial score (nSPS) is 23.0. The van der Waals surface area contributed by atoms with Gasteiger partial charge < -0.3 is 19.1 Å². The highest BCUT2D eigenvalue weighted by Crippen LogP contribution is 2.55. The minimum absolute atomic E-state index is 0.196. The highest BCUT2D eigenvalue weighted by Gasteiger charge is 2.55. The summed E-state index contributed by atoms with van der Waals surface area (Å²) in [4.78, 5) is 39.5. The lowest BCUT2D eigenvalue weighted by Gasteiger charge is -2.58. The Hall–Kier alpha value is -3.97. The third-order valence-electron chi connectivity index (χ3n) is 9.17. The van der Waals surface area contributed by atoms with Crippen LogP contribution < -0.4 is 4.74 Å². The van der Waals surface area contributed by atoms with E-state index >= 15 is 0 Å². The molecule has 0 N–H and O–H groups in total. The number of nitrogens with zero attached hydrogens (tertiary/aromatic N) is 1. The zero-order valence-corrected chi connectivity index (χ0v) is 24.8. The van der Waals surface area contributed by atoms with Crippen molar-refractivity contribution in [2.24, 2.45) is 11.3 Å². The van der Waals surface area contributed by atoms with Gasteiger partial charge in [-0.2, -0.15) is 0 Å². The van der Waals surface area contributed by atoms with Crippen molar-refractivity contribution in [2.45, 2.75) is 51.6 Å². The Balaban J connectivity index is 1.51. The third kappa shape index (κ3) is 5.84. The monoisotopic (exact) mass is 569 g/mol. The van der Waals surface area contributed by atoms with E-state index in [-0.39, 0.29) is 16.8 Å². The number of esters is 3. The van der Waals surface area contributed by atoms with Gasteiger partial charge in [-0.25, -0.2) is 0 Å². The van der Waals surface area contributed by atoms with Gasteiger partial charge in [0.25, 0.3) is 0 Å². The van der Waals surface area contributed by atoms with E-state index < -0.39 is 24.0 Å². The fourth-order valence-electron chi connectivity index (χ4n) is 7.25. The fourth-order valence-corrected chi connectivity index (χ4v) is 7.25. The Labute approximate surface area is 247 Å². The molecule has 1 saturated heterocycles. The molecule has 1 aliphatic heterocycles. The van der Waals surface area contributed by atoms with Gasteiger partial charge in [0.1, 0.15) is 17.8 Å². The molecule has 4 atom stereocenters. The standard InChI is InChI=1S/C35H39NO6/c1-24(37)41-30-16-10-15-29(19-30)35-17-18-36(23-34(35,3)20-27-13-8-9-14-28(27)21-35)22-31(33(39)40-4)32(42-25(2)38)26-11-6-5-7-12-26/h5-16,19,31-32H,17-18,20-23H2,1-4H3/t31-,32+,34+,35+/m1/s1. The molecule has 3 aromatic rings. The van der Waals surface area contributed by atoms with Crippen LogP contribution in [0.15, 0.2) is 78.9 Å². The molecule has 0 radical (unpaired) electrons. The van der Waals surface area contributed by atoms with Gasteiger partial charge in [0.2, 0.25) is 0 Å². The van der Waals surface area contributed by atoms with E-state index in [1.54, 1.807) is 0 Å². The van der Waals surface area contributed by atoms with Crippen molar-refractivity contribution in [3.8, 4) is 5.75 Å². The molecule has 0 amide bonds. The van der Waals surface area contributed by atoms with Crippen LogP contribution in [0.3, 0.4) is 0 Å². The summed E-state index contributed by atoms with van der Waals surface area (Å²) in [5.41, 5.74) is 4.19. The van der Waals surface area contributed by atoms with Crippen molar-refractivity contribution < 1.29 is 28.6 Å². The summed E-state index contributed by atoms with van der Waals surface area (Å²) in [7, 11) is 1.38. The first-order chi connectivity index (χ1) is 20.1. The van der Waals surface area contributed by atoms with Crippen molar-refractivity contribution >= 4 is 17.9 Å². The third-order valence-corrected chi connectivity index (χ3v) is 9.17. The van der Waals surface area contributed by atoms with Crippen LogP contribution in [-0.2, 0) is 42.1 Å². The summed E-state index contributed by atoms with van der Waals surface area (Å²) in [6, 6.07) is 26.0. The molecule has 0 aromatic heterocycles. The molecule has 42 heavy (non-hydrogen) atoms. The predicted molar refractivity (Wildman–Crippen MR) is 159 cm³/mol. The summed E-state index contributed by atoms with van der Waals surface area (Å²) in [5, 5.41) is 0. The molecule has 0 unspecified atom stereocenters. The van der Waals surface area contributed by atoms with Crippen molar-refractivity contribution in [3.05, 3.63) is 101 Å². The number of hydrogen-bond acceptors (Lipinski definition) is 7. The summed E-state index contributed by atoms with van der Waals surface area (Å²) in [6.45, 7) is 6.98. The smallest absolute Gasteiger partial charge is 0.314 e. The number of ether oxygens (including phenoxy) is 3. The van der Waals surface area contributed by atoms with Crippen molar-refractivity contribution in [3.63, 3.8) is 0 Å². The predicted octanol–water partition coefficient (Wildman–Crippen LogP) is 5.45. The lowest BCUT2D eigenvalue weighted by atomic mass is 9.50. The Morgan fingerprint density at radius 2 is 1.57 bits per heavy atom. The van der Waals surface area contributed by atoms with Gasteiger partial charge in [0.15, 0.2) is 0 Å². The molecule has 0 bridgehead atoms. The van der Waals surface area contributed by atoms with E-state index in [4.69, 9.17) is 14.2 Å². The van der Waals surface area contributed by atoms with Crippen LogP contribution in [0, 0.1) is 11.3 Å². The fraction of sp³-hybridized carbons (Fsp3) is 0.400. The SMILES string of the molecule is COC(=O)[C@H](CN1CC[C@@]2(c3cccc(OC(C)=O)c3)Cc3ccccc3C[C@@]2(C)C1)[C@@H](OC(C)=O)c1ccccc1. The highest BCUT2D eigenvalue weighted by molar-refractivity contribution is 5.75. The Morgan fingerprint density at radius 1 is 0.881 bits per heavy atom. The number of methoxy groups -OCH3 is 1. The number of piperidine rings is 1. The first-order valence-electron chi connectivity index (χ1n) is 14.5. The van der Waals surface area contributed by atoms with E-state index in [9.17, 15) is 14.4 Å². The van der Waals surface area contributed by atoms with E-state index in [0.29, 0.717) is 12.3 Å². The lowest BCUT2D eigenvalue weighted by molar-refractivity contribution is -0.161. The van der Waals surface area contributed by atoms with Gasteiger partial charge in [-0.3, -0.25) is 14.4 Å². The quantitative estimate of drug-likeness (QED) is 0.263. The summed E-state index contributed by atoms with van der Waals surface area (Å²) < 4.78 is 16.5. The van der Waals surface area contributed by atoms with Crippen molar-refractivity contribution in [2.75, 3.05) is 26.7 Å². The molecule has 7 nitrogen and oxygen atoms in total. The molecule has 7 heteroatoms. The minimum Gasteiger partial charge on any atom is -0.469 e. The molecule has 1 fully saturated rings. The number of fused-ring (bicyclic) bond motifs is 2. The first-order valence-corrected chi connectivity index (χ1v) is 14.5. The topological polar surface area (TPSA) is 82.1 Å². The van der Waals surface area contributed by atoms with Gasteiger partial charge in [0.05, 0.1) is 7.11 Å². The van der Waals surface area contributed by atoms with Gasteiger partial charge in [-0.05, 0) is 65.6 Å². The van der Waals surface area contributed by atoms with Crippen LogP contribution >= 0.6 is 0 Å². The number of likely N-dealkylation sites (tertiary alicyclic amines) is 1. The Bertz CT molecular complexity index is 1450. The second-order valence-corrected chi connectivity index (χ2v) is 11.9. The molecular formula is C35H39NO6. The van der Waals surface area contributed by atoms with Crippen molar-refractivity contribution in [1.29, 1.82) is 0 Å². The molecule has 1 aliphatic carbocycles. The van der Waals surface area contributed by atoms with E-state index in [1.165, 1.54) is 32.1 Å². The summed E-state index contributed by atoms with van der Waals surface area (Å²) in [5.74, 6) is -1.34. The van der Waals surface area contributed by atoms with Gasteiger partial charge in [-0.15, -0.1) is 0 Å². The lowest BCUT2D eigenvalue weighted by Crippen LogP contribution is -2.61. The van der Waals surface area contributed by atoms with Crippen LogP contribution in [0.25, 0.3) is 0 Å². The van der Waals surface area contributed by atoms with Gasteiger partial charge in [0, 0.05) is 32.4 Å². The number of carbonyl (C=O) groups is 3. The van der Waals surface area contributed by atoms with Crippen molar-refractivity contribution in [1.82, 2.24) is 4.90 Å². The van der Waals surface area contributed by atoms with E-state index in [2.05, 4.69) is 42.2 Å². The average Bonchev–Trinajstić information content (AvgIpc) is 2.97. The van der Waals surface area contributed by atoms with E-state index in [1.807, 2.05) is 48.5 Å². The molecule has 5 rings (SSSR count). The summed E-state index contributed by atoms with van der Waals surface area (Å²) in [6.07, 6.45) is 1.83. The molecular weight excluding hydrogens is 530 g/mol. The van der Waals surface area contributed by atoms with Crippen LogP contribution in [0.2, 0.25) is 0 Å². The Kier molecular flexibility index (Phi) is 8.50. The van der Waals surface area contributed by atoms with Crippen LogP contribution in [0.1, 0.15) is 55.5 Å². The zero-order chi connectivity index (χ0) is 29.9. The van der Waals surface area contributed by atoms with Gasteiger partial charge >= 0.3 is 17.9 Å². The largest absolute Gasteiger partial charge is 0.469 e. The summed E-state index contributed by atoms with van der Waals surface area (Å²) >= 11 is 0. The number of carbonyl (C=O) groups excluding carboxylic acids is 3. The maximum Gasteiger partial charge on any atom is 0.314 e. The average molecular weight is 570 g/mol. The second-order valence-electron chi connectivity index (χ2n) is 11.9. The highest BCUT2D eigenvalue weighted by atomic mass is 16.6. The maximum atomic E-state index is 13.2. The number of rotatable bonds is 8. The molecule has 3 aromatic carbocycles. The molecule has 1 heterocycles. The number of hydrogen-bond donors (Lipinski definition) is 0. The number of benzene rings is 3. The minimum atomic E-state index is -0.761. The molecule has 0 spiro atoms. The van der Waals surface area contributed by atoms with Crippen LogP contribution in [0.5, 0.6) is 5.75 Å². The van der Waals surface area contributed by atoms with E-state index in [0.717, 1.165) is 43.5 Å². The zero-order valence-electron chi connectivity index (χ0n) is 24.8. The van der Waals surface area contributed by atoms with Gasteiger partial charge in [-0.1, -0.05) is 73.7 Å². The first kappa shape index (κ1) is 29.5. The molecule has 0 saturated carbocycles. The second kappa shape index (κ2) is 12.1. The van der Waals surface area contributed by atoms with Crippen LogP contribution in [0.4, 0.5) is 0 Å². The molecule has 2 aliphatic rings. The van der Waals surface area contributed by atoms with Crippen LogP contribution in [-0.4, -0.2) is 49.6 Å². The molecule has 220 valence electrons. The maximum absolute atomic E-state index is 13.2.